The maximum Gasteiger partial charge on any atom is 0.276 e. The average Bonchev–Trinajstić information content (AvgIpc) is 2.15. The van der Waals surface area contributed by atoms with Crippen LogP contribution in [0.15, 0.2) is 30.5 Å². The van der Waals surface area contributed by atoms with E-state index in [0.29, 0.717) is 5.56 Å². The molecule has 0 aliphatic rings. The number of nitro groups is 1. The highest BCUT2D eigenvalue weighted by molar-refractivity contribution is 5.59. The zero-order valence-electron chi connectivity index (χ0n) is 7.14. The molecule has 0 saturated heterocycles. The summed E-state index contributed by atoms with van der Waals surface area (Å²) in [4.78, 5) is 10.1. The number of benzene rings is 1. The second kappa shape index (κ2) is 4.25. The van der Waals surface area contributed by atoms with E-state index >= 15 is 0 Å². The fourth-order valence-corrected chi connectivity index (χ4v) is 0.936. The van der Waals surface area contributed by atoms with Gasteiger partial charge in [0, 0.05) is 6.07 Å². The molecule has 0 aromatic heterocycles. The summed E-state index contributed by atoms with van der Waals surface area (Å²) in [7, 11) is 1.49. The lowest BCUT2D eigenvalue weighted by atomic mass is 10.2. The van der Waals surface area contributed by atoms with Crippen LogP contribution >= 0.6 is 0 Å². The molecule has 0 N–H and O–H groups in total. The van der Waals surface area contributed by atoms with Gasteiger partial charge in [-0.15, -0.1) is 0 Å². The van der Waals surface area contributed by atoms with Crippen LogP contribution in [0.4, 0.5) is 5.69 Å². The molecule has 4 nitrogen and oxygen atoms in total. The first-order valence-electron chi connectivity index (χ1n) is 3.68. The molecule has 1 rings (SSSR count). The molecule has 1 aromatic carbocycles. The molecule has 0 aliphatic carbocycles. The van der Waals surface area contributed by atoms with Crippen LogP contribution in [-0.4, -0.2) is 12.0 Å². The molecule has 0 saturated carbocycles. The van der Waals surface area contributed by atoms with Crippen LogP contribution in [-0.2, 0) is 4.74 Å². The van der Waals surface area contributed by atoms with Crippen molar-refractivity contribution in [3.05, 3.63) is 46.2 Å². The Bertz CT molecular complexity index is 333. The fourth-order valence-electron chi connectivity index (χ4n) is 0.936. The Morgan fingerprint density at radius 3 is 2.77 bits per heavy atom. The third-order valence-electron chi connectivity index (χ3n) is 1.52. The predicted octanol–water partition coefficient (Wildman–Crippen LogP) is 2.21. The topological polar surface area (TPSA) is 52.4 Å². The van der Waals surface area contributed by atoms with Gasteiger partial charge in [0.1, 0.15) is 0 Å². The molecule has 0 radical (unpaired) electrons. The van der Waals surface area contributed by atoms with Crippen molar-refractivity contribution < 1.29 is 9.66 Å². The summed E-state index contributed by atoms with van der Waals surface area (Å²) in [5, 5.41) is 10.5. The van der Waals surface area contributed by atoms with Gasteiger partial charge >= 0.3 is 0 Å². The minimum Gasteiger partial charge on any atom is -0.504 e. The molecule has 0 amide bonds. The second-order valence-corrected chi connectivity index (χ2v) is 2.35. The lowest BCUT2D eigenvalue weighted by Gasteiger charge is -1.95. The van der Waals surface area contributed by atoms with Crippen molar-refractivity contribution in [2.75, 3.05) is 7.11 Å². The van der Waals surface area contributed by atoms with E-state index < -0.39 is 4.92 Å². The highest BCUT2D eigenvalue weighted by atomic mass is 16.6. The number of nitro benzene ring substituents is 1. The molecule has 0 unspecified atom stereocenters. The van der Waals surface area contributed by atoms with Crippen LogP contribution in [0, 0.1) is 10.1 Å². The average molecular weight is 179 g/mol. The second-order valence-electron chi connectivity index (χ2n) is 2.35. The van der Waals surface area contributed by atoms with Crippen molar-refractivity contribution in [1.82, 2.24) is 0 Å². The summed E-state index contributed by atoms with van der Waals surface area (Å²) in [6.07, 6.45) is 2.96. The largest absolute Gasteiger partial charge is 0.504 e. The molecule has 0 heterocycles. The summed E-state index contributed by atoms with van der Waals surface area (Å²) in [6, 6.07) is 6.48. The van der Waals surface area contributed by atoms with Gasteiger partial charge in [-0.05, 0) is 12.1 Å². The van der Waals surface area contributed by atoms with Crippen molar-refractivity contribution in [3.63, 3.8) is 0 Å². The molecular weight excluding hydrogens is 170 g/mol. The van der Waals surface area contributed by atoms with Crippen LogP contribution in [0.5, 0.6) is 0 Å². The van der Waals surface area contributed by atoms with Crippen molar-refractivity contribution in [1.29, 1.82) is 0 Å². The molecule has 68 valence electrons. The predicted molar refractivity (Wildman–Crippen MR) is 49.1 cm³/mol. The van der Waals surface area contributed by atoms with Crippen LogP contribution in [0.25, 0.3) is 6.08 Å². The lowest BCUT2D eigenvalue weighted by Crippen LogP contribution is -1.90. The van der Waals surface area contributed by atoms with E-state index in [1.54, 1.807) is 24.3 Å². The maximum absolute atomic E-state index is 10.5. The van der Waals surface area contributed by atoms with Gasteiger partial charge in [0.05, 0.1) is 23.9 Å². The highest BCUT2D eigenvalue weighted by Crippen LogP contribution is 2.18. The van der Waals surface area contributed by atoms with Gasteiger partial charge in [-0.1, -0.05) is 12.1 Å². The number of rotatable bonds is 3. The summed E-state index contributed by atoms with van der Waals surface area (Å²) in [5.41, 5.74) is 0.616. The third kappa shape index (κ3) is 2.30. The van der Waals surface area contributed by atoms with E-state index in [4.69, 9.17) is 0 Å². The van der Waals surface area contributed by atoms with Gasteiger partial charge in [0.25, 0.3) is 5.69 Å². The van der Waals surface area contributed by atoms with E-state index in [-0.39, 0.29) is 5.69 Å². The Balaban J connectivity index is 3.05. The van der Waals surface area contributed by atoms with Crippen LogP contribution in [0.2, 0.25) is 0 Å². The molecule has 0 aliphatic heterocycles. The van der Waals surface area contributed by atoms with Crippen LogP contribution in [0.3, 0.4) is 0 Å². The van der Waals surface area contributed by atoms with E-state index in [2.05, 4.69) is 4.74 Å². The maximum atomic E-state index is 10.5. The number of hydrogen-bond acceptors (Lipinski definition) is 3. The van der Waals surface area contributed by atoms with Crippen molar-refractivity contribution in [2.45, 2.75) is 0 Å². The molecule has 0 spiro atoms. The Morgan fingerprint density at radius 2 is 2.15 bits per heavy atom. The summed E-state index contributed by atoms with van der Waals surface area (Å²) < 4.78 is 4.68. The van der Waals surface area contributed by atoms with Gasteiger partial charge in [0.15, 0.2) is 0 Å². The van der Waals surface area contributed by atoms with Crippen molar-refractivity contribution >= 4 is 11.8 Å². The van der Waals surface area contributed by atoms with E-state index in [9.17, 15) is 10.1 Å². The molecular formula is C9H9NO3. The Kier molecular flexibility index (Phi) is 3.03. The first-order valence-corrected chi connectivity index (χ1v) is 3.68. The minimum absolute atomic E-state index is 0.0794. The zero-order valence-corrected chi connectivity index (χ0v) is 7.14. The fraction of sp³-hybridized carbons (Fsp3) is 0.111. The molecule has 4 heteroatoms. The van der Waals surface area contributed by atoms with Gasteiger partial charge < -0.3 is 4.74 Å². The molecule has 0 fully saturated rings. The standard InChI is InChI=1S/C9H9NO3/c1-13-7-6-8-4-2-3-5-9(8)10(11)12/h2-7H,1H3/b7-6+. The van der Waals surface area contributed by atoms with Crippen LogP contribution < -0.4 is 0 Å². The minimum atomic E-state index is -0.421. The Labute approximate surface area is 75.6 Å². The van der Waals surface area contributed by atoms with Gasteiger partial charge in [0.2, 0.25) is 0 Å². The van der Waals surface area contributed by atoms with Gasteiger partial charge in [-0.2, -0.15) is 0 Å². The normalized spacial score (nSPS) is 10.2. The monoisotopic (exact) mass is 179 g/mol. The smallest absolute Gasteiger partial charge is 0.276 e. The molecule has 0 bridgehead atoms. The summed E-state index contributed by atoms with van der Waals surface area (Å²) in [5.74, 6) is 0. The Morgan fingerprint density at radius 1 is 1.46 bits per heavy atom. The molecule has 1 aromatic rings. The first-order chi connectivity index (χ1) is 6.25. The number of ether oxygens (including phenoxy) is 1. The van der Waals surface area contributed by atoms with Crippen LogP contribution in [0.1, 0.15) is 5.56 Å². The number of methoxy groups -OCH3 is 1. The van der Waals surface area contributed by atoms with Gasteiger partial charge in [-0.3, -0.25) is 10.1 Å². The lowest BCUT2D eigenvalue weighted by molar-refractivity contribution is -0.385. The molecule has 0 atom stereocenters. The third-order valence-corrected chi connectivity index (χ3v) is 1.52. The van der Waals surface area contributed by atoms with Crippen molar-refractivity contribution in [3.8, 4) is 0 Å². The number of hydrogen-bond donors (Lipinski definition) is 0. The quantitative estimate of drug-likeness (QED) is 0.406. The van der Waals surface area contributed by atoms with Crippen molar-refractivity contribution in [2.24, 2.45) is 0 Å². The molecule has 13 heavy (non-hydrogen) atoms. The SMILES string of the molecule is CO/C=C/c1ccccc1[N+](=O)[O-]. The van der Waals surface area contributed by atoms with E-state index in [1.165, 1.54) is 19.4 Å². The summed E-state index contributed by atoms with van der Waals surface area (Å²) >= 11 is 0. The summed E-state index contributed by atoms with van der Waals surface area (Å²) in [6.45, 7) is 0. The van der Waals surface area contributed by atoms with E-state index in [1.807, 2.05) is 0 Å². The zero-order chi connectivity index (χ0) is 9.68. The first kappa shape index (κ1) is 9.25. The van der Waals surface area contributed by atoms with Gasteiger partial charge in [-0.25, -0.2) is 0 Å². The van der Waals surface area contributed by atoms with E-state index in [0.717, 1.165) is 0 Å². The highest BCUT2D eigenvalue weighted by Gasteiger charge is 2.08. The number of para-hydroxylation sites is 1. The Hall–Kier alpha value is -1.84. The number of nitrogens with zero attached hydrogens (tertiary/aromatic N) is 1.